The largest absolute Gasteiger partial charge is 0.463 e. The highest BCUT2D eigenvalue weighted by molar-refractivity contribution is 7.89. The first-order chi connectivity index (χ1) is 14.1. The smallest absolute Gasteiger partial charge is 0.333 e. The minimum Gasteiger partial charge on any atom is -0.463 e. The van der Waals surface area contributed by atoms with E-state index in [0.717, 1.165) is 0 Å². The summed E-state index contributed by atoms with van der Waals surface area (Å²) < 4.78 is 34.8. The molecule has 1 rings (SSSR count). The molecular formula is C21H36N4O5S. The van der Waals surface area contributed by atoms with Gasteiger partial charge in [-0.3, -0.25) is 4.79 Å². The summed E-state index contributed by atoms with van der Waals surface area (Å²) in [5.74, 6) is -0.873. The van der Waals surface area contributed by atoms with Crippen molar-refractivity contribution >= 4 is 21.9 Å². The van der Waals surface area contributed by atoms with Crippen molar-refractivity contribution < 1.29 is 22.7 Å². The van der Waals surface area contributed by atoms with Gasteiger partial charge in [0.1, 0.15) is 6.04 Å². The van der Waals surface area contributed by atoms with Crippen LogP contribution in [0.25, 0.3) is 0 Å². The first kappa shape index (κ1) is 26.8. The molecule has 10 heteroatoms. The Balaban J connectivity index is 3.26. The molecule has 0 aliphatic heterocycles. The van der Waals surface area contributed by atoms with Crippen LogP contribution in [0, 0.1) is 11.3 Å². The fourth-order valence-electron chi connectivity index (χ4n) is 3.01. The summed E-state index contributed by atoms with van der Waals surface area (Å²) in [6, 6.07) is -1.47. The van der Waals surface area contributed by atoms with E-state index < -0.39 is 39.4 Å². The SMILES string of the molecule is CCOC(=O)/C(C)=C/[C@H](C(C)C)N(C)C(=O)[C@@H](NS(=O)(=O)c1cn(C)cn1)C(C)(C)C. The second-order valence-corrected chi connectivity index (χ2v) is 10.7. The number of imidazole rings is 1. The van der Waals surface area contributed by atoms with Crippen LogP contribution in [0.15, 0.2) is 29.2 Å². The molecule has 0 radical (unpaired) electrons. The van der Waals surface area contributed by atoms with Gasteiger partial charge in [0, 0.05) is 25.9 Å². The number of hydrogen-bond donors (Lipinski definition) is 1. The van der Waals surface area contributed by atoms with Crippen molar-refractivity contribution in [2.75, 3.05) is 13.7 Å². The van der Waals surface area contributed by atoms with Crippen LogP contribution in [0.3, 0.4) is 0 Å². The number of nitrogens with one attached hydrogen (secondary N) is 1. The highest BCUT2D eigenvalue weighted by atomic mass is 32.2. The van der Waals surface area contributed by atoms with Gasteiger partial charge in [0.2, 0.25) is 5.91 Å². The highest BCUT2D eigenvalue weighted by Crippen LogP contribution is 2.25. The Morgan fingerprint density at radius 1 is 1.32 bits per heavy atom. The predicted octanol–water partition coefficient (Wildman–Crippen LogP) is 2.11. The van der Waals surface area contributed by atoms with Crippen LogP contribution >= 0.6 is 0 Å². The molecule has 0 saturated heterocycles. The van der Waals surface area contributed by atoms with Crippen molar-refractivity contribution in [1.82, 2.24) is 19.2 Å². The molecule has 0 saturated carbocycles. The van der Waals surface area contributed by atoms with Crippen LogP contribution in [-0.4, -0.2) is 60.5 Å². The van der Waals surface area contributed by atoms with E-state index >= 15 is 0 Å². The van der Waals surface area contributed by atoms with E-state index in [0.29, 0.717) is 5.57 Å². The van der Waals surface area contributed by atoms with Gasteiger partial charge in [0.05, 0.1) is 19.0 Å². The maximum atomic E-state index is 13.5. The molecule has 9 nitrogen and oxygen atoms in total. The third-order valence-electron chi connectivity index (χ3n) is 4.84. The molecule has 0 bridgehead atoms. The number of esters is 1. The van der Waals surface area contributed by atoms with Crippen LogP contribution in [0.1, 0.15) is 48.5 Å². The molecule has 2 atom stereocenters. The minimum absolute atomic E-state index is 0.0219. The molecular weight excluding hydrogens is 420 g/mol. The molecule has 0 fully saturated rings. The quantitative estimate of drug-likeness (QED) is 0.450. The normalized spacial score (nSPS) is 15.0. The van der Waals surface area contributed by atoms with Gasteiger partial charge in [-0.2, -0.15) is 4.72 Å². The Hall–Kier alpha value is -2.20. The van der Waals surface area contributed by atoms with Crippen LogP contribution in [0.4, 0.5) is 0 Å². The number of sulfonamides is 1. The number of nitrogens with zero attached hydrogens (tertiary/aromatic N) is 3. The third kappa shape index (κ3) is 7.17. The van der Waals surface area contributed by atoms with E-state index in [9.17, 15) is 18.0 Å². The molecule has 0 unspecified atom stereocenters. The number of carbonyl (C=O) groups excluding carboxylic acids is 2. The number of hydrogen-bond acceptors (Lipinski definition) is 6. The summed E-state index contributed by atoms with van der Waals surface area (Å²) >= 11 is 0. The Bertz CT molecular complexity index is 912. The van der Waals surface area contributed by atoms with Crippen molar-refractivity contribution in [3.63, 3.8) is 0 Å². The average molecular weight is 457 g/mol. The van der Waals surface area contributed by atoms with Gasteiger partial charge in [-0.1, -0.05) is 40.7 Å². The van der Waals surface area contributed by atoms with Gasteiger partial charge in [-0.05, 0) is 25.2 Å². The summed E-state index contributed by atoms with van der Waals surface area (Å²) in [7, 11) is -0.738. The van der Waals surface area contributed by atoms with Gasteiger partial charge < -0.3 is 14.2 Å². The first-order valence-corrected chi connectivity index (χ1v) is 11.7. The number of amides is 1. The zero-order valence-electron chi connectivity index (χ0n) is 20.0. The molecule has 0 spiro atoms. The van der Waals surface area contributed by atoms with Crippen molar-refractivity contribution in [2.24, 2.45) is 18.4 Å². The van der Waals surface area contributed by atoms with Crippen LogP contribution in [0.2, 0.25) is 0 Å². The van der Waals surface area contributed by atoms with Gasteiger partial charge in [0.25, 0.3) is 10.0 Å². The summed E-state index contributed by atoms with van der Waals surface area (Å²) in [6.07, 6.45) is 4.44. The molecule has 0 aliphatic rings. The lowest BCUT2D eigenvalue weighted by molar-refractivity contribution is -0.139. The molecule has 1 N–H and O–H groups in total. The van der Waals surface area contributed by atoms with E-state index in [1.54, 1.807) is 54.8 Å². The summed E-state index contributed by atoms with van der Waals surface area (Å²) in [5, 5.41) is -0.154. The van der Waals surface area contributed by atoms with E-state index in [4.69, 9.17) is 4.74 Å². The number of likely N-dealkylation sites (N-methyl/N-ethyl adjacent to an activating group) is 1. The topological polar surface area (TPSA) is 111 Å². The number of ether oxygens (including phenoxy) is 1. The first-order valence-electron chi connectivity index (χ1n) is 10.2. The van der Waals surface area contributed by atoms with E-state index in [2.05, 4.69) is 9.71 Å². The summed E-state index contributed by atoms with van der Waals surface area (Å²) in [6.45, 7) is 12.8. The van der Waals surface area contributed by atoms with Crippen LogP contribution in [0.5, 0.6) is 0 Å². The van der Waals surface area contributed by atoms with Gasteiger partial charge in [0.15, 0.2) is 5.03 Å². The second kappa shape index (κ2) is 10.4. The standard InChI is InChI=1S/C21H36N4O5S/c1-10-30-20(27)15(4)11-16(14(2)3)25(9)19(26)18(21(5,6)7)23-31(28,29)17-12-24(8)13-22-17/h11-14,16,18,23H,10H2,1-9H3/b15-11+/t16-,18-/m1/s1. The molecule has 1 aromatic rings. The molecule has 0 aliphatic carbocycles. The maximum absolute atomic E-state index is 13.5. The zero-order chi connectivity index (χ0) is 24.1. The van der Waals surface area contributed by atoms with Crippen molar-refractivity contribution in [2.45, 2.75) is 65.6 Å². The summed E-state index contributed by atoms with van der Waals surface area (Å²) in [5.41, 5.74) is -0.323. The molecule has 1 aromatic heterocycles. The maximum Gasteiger partial charge on any atom is 0.333 e. The van der Waals surface area contributed by atoms with Crippen LogP contribution < -0.4 is 4.72 Å². The lowest BCUT2D eigenvalue weighted by Gasteiger charge is -2.37. The second-order valence-electron chi connectivity index (χ2n) is 9.05. The number of carbonyl (C=O) groups is 2. The average Bonchev–Trinajstić information content (AvgIpc) is 3.09. The number of aromatic nitrogens is 2. The van der Waals surface area contributed by atoms with Gasteiger partial charge in [-0.15, -0.1) is 0 Å². The van der Waals surface area contributed by atoms with E-state index in [1.807, 2.05) is 13.8 Å². The monoisotopic (exact) mass is 456 g/mol. The lowest BCUT2D eigenvalue weighted by Crippen LogP contribution is -2.56. The molecule has 176 valence electrons. The third-order valence-corrected chi connectivity index (χ3v) is 6.15. The Labute approximate surface area is 185 Å². The fraction of sp³-hybridized carbons (Fsp3) is 0.667. The van der Waals surface area contributed by atoms with E-state index in [1.165, 1.54) is 22.0 Å². The van der Waals surface area contributed by atoms with Crippen molar-refractivity contribution in [1.29, 1.82) is 0 Å². The van der Waals surface area contributed by atoms with Crippen molar-refractivity contribution in [3.8, 4) is 0 Å². The Kier molecular flexibility index (Phi) is 9.01. The van der Waals surface area contributed by atoms with Crippen molar-refractivity contribution in [3.05, 3.63) is 24.2 Å². The Morgan fingerprint density at radius 2 is 1.90 bits per heavy atom. The minimum atomic E-state index is -4.01. The summed E-state index contributed by atoms with van der Waals surface area (Å²) in [4.78, 5) is 30.9. The van der Waals surface area contributed by atoms with E-state index in [-0.39, 0.29) is 17.6 Å². The van der Waals surface area contributed by atoms with Crippen LogP contribution in [-0.2, 0) is 31.4 Å². The van der Waals surface area contributed by atoms with Gasteiger partial charge >= 0.3 is 5.97 Å². The molecule has 0 aromatic carbocycles. The van der Waals surface area contributed by atoms with Gasteiger partial charge in [-0.25, -0.2) is 18.2 Å². The zero-order valence-corrected chi connectivity index (χ0v) is 20.8. The predicted molar refractivity (Wildman–Crippen MR) is 119 cm³/mol. The highest BCUT2D eigenvalue weighted by Gasteiger charge is 2.39. The number of aryl methyl sites for hydroxylation is 1. The Morgan fingerprint density at radius 3 is 2.32 bits per heavy atom. The molecule has 31 heavy (non-hydrogen) atoms. The molecule has 1 heterocycles. The number of rotatable bonds is 9. The molecule has 1 amide bonds. The fourth-order valence-corrected chi connectivity index (χ4v) is 4.39. The lowest BCUT2D eigenvalue weighted by atomic mass is 9.86.